The molecule has 0 unspecified atom stereocenters. The Morgan fingerprint density at radius 1 is 1.57 bits per heavy atom. The number of halogens is 3. The van der Waals surface area contributed by atoms with Crippen LogP contribution in [0.1, 0.15) is 10.4 Å². The number of esters is 1. The van der Waals surface area contributed by atoms with E-state index in [0.29, 0.717) is 0 Å². The van der Waals surface area contributed by atoms with Crippen LogP contribution in [-0.2, 0) is 4.74 Å². The van der Waals surface area contributed by atoms with Gasteiger partial charge in [-0.2, -0.15) is 0 Å². The highest BCUT2D eigenvalue weighted by Gasteiger charge is 2.13. The Morgan fingerprint density at radius 3 is 2.64 bits per heavy atom. The summed E-state index contributed by atoms with van der Waals surface area (Å²) in [6.07, 6.45) is 0. The van der Waals surface area contributed by atoms with E-state index in [-0.39, 0.29) is 28.7 Å². The molecule has 0 spiro atoms. The summed E-state index contributed by atoms with van der Waals surface area (Å²) in [5.74, 6) is -1.52. The molecule has 0 aliphatic heterocycles. The molecule has 1 aromatic rings. The van der Waals surface area contributed by atoms with Gasteiger partial charge in [0.05, 0.1) is 23.4 Å². The number of hydrogen-bond acceptors (Lipinski definition) is 3. The van der Waals surface area contributed by atoms with Gasteiger partial charge < -0.3 is 10.5 Å². The molecule has 14 heavy (non-hydrogen) atoms. The van der Waals surface area contributed by atoms with Gasteiger partial charge in [-0.05, 0) is 12.1 Å². The van der Waals surface area contributed by atoms with E-state index < -0.39 is 11.8 Å². The number of rotatable bonds is 1. The SMILES string of the molecule is COC(=O)c1cc(N)c(Cl)cc1F.Cl. The molecule has 6 heteroatoms. The largest absolute Gasteiger partial charge is 0.465 e. The van der Waals surface area contributed by atoms with Crippen molar-refractivity contribution in [1.82, 2.24) is 0 Å². The Balaban J connectivity index is 0.00000169. The van der Waals surface area contributed by atoms with Crippen LogP contribution in [-0.4, -0.2) is 13.1 Å². The second-order valence-electron chi connectivity index (χ2n) is 2.35. The van der Waals surface area contributed by atoms with Crippen LogP contribution < -0.4 is 5.73 Å². The van der Waals surface area contributed by atoms with Gasteiger partial charge in [-0.25, -0.2) is 9.18 Å². The van der Waals surface area contributed by atoms with Crippen LogP contribution in [0, 0.1) is 5.82 Å². The third-order valence-corrected chi connectivity index (χ3v) is 1.82. The standard InChI is InChI=1S/C8H7ClFNO2.ClH/c1-13-8(12)4-2-7(11)5(9)3-6(4)10;/h2-3H,11H2,1H3;1H. The number of carbonyl (C=O) groups is 1. The van der Waals surface area contributed by atoms with E-state index in [9.17, 15) is 9.18 Å². The lowest BCUT2D eigenvalue weighted by atomic mass is 10.2. The quantitative estimate of drug-likeness (QED) is 0.605. The summed E-state index contributed by atoms with van der Waals surface area (Å²) in [6.45, 7) is 0. The van der Waals surface area contributed by atoms with Gasteiger partial charge in [-0.3, -0.25) is 0 Å². The maximum absolute atomic E-state index is 13.0. The second-order valence-corrected chi connectivity index (χ2v) is 2.75. The third kappa shape index (κ3) is 2.49. The maximum Gasteiger partial charge on any atom is 0.340 e. The van der Waals surface area contributed by atoms with Crippen molar-refractivity contribution in [3.05, 3.63) is 28.5 Å². The number of ether oxygens (including phenoxy) is 1. The summed E-state index contributed by atoms with van der Waals surface area (Å²) < 4.78 is 17.4. The number of anilines is 1. The predicted molar refractivity (Wildman–Crippen MR) is 54.4 cm³/mol. The lowest BCUT2D eigenvalue weighted by Gasteiger charge is -2.03. The van der Waals surface area contributed by atoms with Crippen LogP contribution in [0.5, 0.6) is 0 Å². The fourth-order valence-corrected chi connectivity index (χ4v) is 0.982. The second kappa shape index (κ2) is 5.02. The molecule has 0 radical (unpaired) electrons. The van der Waals surface area contributed by atoms with Crippen molar-refractivity contribution >= 4 is 35.7 Å². The number of nitrogen functional groups attached to an aromatic ring is 1. The van der Waals surface area contributed by atoms with Gasteiger partial charge in [-0.1, -0.05) is 11.6 Å². The van der Waals surface area contributed by atoms with Gasteiger partial charge in [-0.15, -0.1) is 12.4 Å². The Morgan fingerprint density at radius 2 is 2.14 bits per heavy atom. The minimum atomic E-state index is -0.777. The molecule has 0 bridgehead atoms. The molecule has 1 rings (SSSR count). The van der Waals surface area contributed by atoms with E-state index in [1.165, 1.54) is 0 Å². The molecule has 0 amide bonds. The molecule has 0 fully saturated rings. The smallest absolute Gasteiger partial charge is 0.340 e. The molecule has 2 N–H and O–H groups in total. The van der Waals surface area contributed by atoms with E-state index in [4.69, 9.17) is 17.3 Å². The van der Waals surface area contributed by atoms with Crippen molar-refractivity contribution in [2.45, 2.75) is 0 Å². The van der Waals surface area contributed by atoms with Crippen LogP contribution in [0.15, 0.2) is 12.1 Å². The number of carbonyl (C=O) groups excluding carboxylic acids is 1. The normalized spacial score (nSPS) is 9.07. The van der Waals surface area contributed by atoms with Crippen molar-refractivity contribution in [3.8, 4) is 0 Å². The fraction of sp³-hybridized carbons (Fsp3) is 0.125. The molecule has 0 heterocycles. The lowest BCUT2D eigenvalue weighted by Crippen LogP contribution is -2.05. The highest BCUT2D eigenvalue weighted by atomic mass is 35.5. The molecule has 0 aliphatic rings. The molecule has 0 saturated heterocycles. The highest BCUT2D eigenvalue weighted by molar-refractivity contribution is 6.33. The van der Waals surface area contributed by atoms with Crippen LogP contribution in [0.2, 0.25) is 5.02 Å². The van der Waals surface area contributed by atoms with Crippen molar-refractivity contribution in [3.63, 3.8) is 0 Å². The maximum atomic E-state index is 13.0. The summed E-state index contributed by atoms with van der Waals surface area (Å²) in [7, 11) is 1.16. The zero-order valence-electron chi connectivity index (χ0n) is 7.21. The van der Waals surface area contributed by atoms with Crippen molar-refractivity contribution in [2.75, 3.05) is 12.8 Å². The minimum absolute atomic E-state index is 0. The third-order valence-electron chi connectivity index (χ3n) is 1.49. The zero-order valence-corrected chi connectivity index (χ0v) is 8.79. The first kappa shape index (κ1) is 13.0. The zero-order chi connectivity index (χ0) is 10.0. The molecule has 0 aliphatic carbocycles. The fourth-order valence-electron chi connectivity index (χ4n) is 0.832. The number of benzene rings is 1. The van der Waals surface area contributed by atoms with Crippen molar-refractivity contribution in [2.24, 2.45) is 0 Å². The summed E-state index contributed by atoms with van der Waals surface area (Å²) in [4.78, 5) is 10.9. The average Bonchev–Trinajstić information content (AvgIpc) is 2.10. The van der Waals surface area contributed by atoms with Crippen LogP contribution >= 0.6 is 24.0 Å². The summed E-state index contributed by atoms with van der Waals surface area (Å²) in [5.41, 5.74) is 5.30. The Kier molecular flexibility index (Phi) is 4.67. The monoisotopic (exact) mass is 239 g/mol. The van der Waals surface area contributed by atoms with Gasteiger partial charge in [0, 0.05) is 0 Å². The number of nitrogens with two attached hydrogens (primary N) is 1. The van der Waals surface area contributed by atoms with Crippen molar-refractivity contribution < 1.29 is 13.9 Å². The molecule has 0 aromatic heterocycles. The summed E-state index contributed by atoms with van der Waals surface area (Å²) >= 11 is 5.52. The van der Waals surface area contributed by atoms with E-state index in [2.05, 4.69) is 4.74 Å². The highest BCUT2D eigenvalue weighted by Crippen LogP contribution is 2.22. The lowest BCUT2D eigenvalue weighted by molar-refractivity contribution is 0.0595. The van der Waals surface area contributed by atoms with Crippen LogP contribution in [0.3, 0.4) is 0 Å². The van der Waals surface area contributed by atoms with Crippen LogP contribution in [0.4, 0.5) is 10.1 Å². The number of methoxy groups -OCH3 is 1. The van der Waals surface area contributed by atoms with E-state index >= 15 is 0 Å². The first-order valence-corrected chi connectivity index (χ1v) is 3.77. The van der Waals surface area contributed by atoms with E-state index in [1.54, 1.807) is 0 Å². The molecule has 78 valence electrons. The van der Waals surface area contributed by atoms with Gasteiger partial charge in [0.2, 0.25) is 0 Å². The molecular formula is C8H8Cl2FNO2. The predicted octanol–water partition coefficient (Wildman–Crippen LogP) is 2.27. The molecule has 0 atom stereocenters. The van der Waals surface area contributed by atoms with Gasteiger partial charge in [0.25, 0.3) is 0 Å². The Labute approximate surface area is 91.4 Å². The summed E-state index contributed by atoms with van der Waals surface area (Å²) in [5, 5.41) is 0.0742. The number of hydrogen-bond donors (Lipinski definition) is 1. The molecular weight excluding hydrogens is 232 g/mol. The topological polar surface area (TPSA) is 52.3 Å². The van der Waals surface area contributed by atoms with Crippen LogP contribution in [0.25, 0.3) is 0 Å². The van der Waals surface area contributed by atoms with E-state index in [1.807, 2.05) is 0 Å². The van der Waals surface area contributed by atoms with E-state index in [0.717, 1.165) is 19.2 Å². The first-order valence-electron chi connectivity index (χ1n) is 3.39. The summed E-state index contributed by atoms with van der Waals surface area (Å²) in [6, 6.07) is 2.12. The Bertz CT molecular complexity index is 357. The van der Waals surface area contributed by atoms with Gasteiger partial charge in [0.15, 0.2) is 0 Å². The molecule has 3 nitrogen and oxygen atoms in total. The molecule has 1 aromatic carbocycles. The average molecular weight is 240 g/mol. The minimum Gasteiger partial charge on any atom is -0.465 e. The molecule has 0 saturated carbocycles. The van der Waals surface area contributed by atoms with Crippen molar-refractivity contribution in [1.29, 1.82) is 0 Å². The van der Waals surface area contributed by atoms with Gasteiger partial charge in [0.1, 0.15) is 5.82 Å². The Hall–Kier alpha value is -1.000. The first-order chi connectivity index (χ1) is 6.06. The van der Waals surface area contributed by atoms with Gasteiger partial charge >= 0.3 is 5.97 Å².